The molecule has 1 fully saturated rings. The summed E-state index contributed by atoms with van der Waals surface area (Å²) in [5.41, 5.74) is 6.33. The number of aromatic hydroxyl groups is 1. The predicted molar refractivity (Wildman–Crippen MR) is 72.0 cm³/mol. The third-order valence-electron chi connectivity index (χ3n) is 3.26. The Kier molecular flexibility index (Phi) is 4.28. The molecule has 1 aliphatic heterocycles. The molecular formula is C13H21N3O2. The summed E-state index contributed by atoms with van der Waals surface area (Å²) in [6, 6.07) is 4.77. The van der Waals surface area contributed by atoms with E-state index in [-0.39, 0.29) is 5.75 Å². The van der Waals surface area contributed by atoms with Crippen LogP contribution in [0.25, 0.3) is 0 Å². The summed E-state index contributed by atoms with van der Waals surface area (Å²) in [4.78, 5) is 4.70. The van der Waals surface area contributed by atoms with E-state index in [0.29, 0.717) is 18.0 Å². The molecule has 0 spiro atoms. The van der Waals surface area contributed by atoms with Crippen molar-refractivity contribution in [2.24, 2.45) is 0 Å². The number of piperazine rings is 1. The molecule has 1 aromatic carbocycles. The molecule has 1 saturated heterocycles. The maximum atomic E-state index is 9.36. The number of phenols is 1. The smallest absolute Gasteiger partial charge is 0.145 e. The van der Waals surface area contributed by atoms with Gasteiger partial charge in [-0.2, -0.15) is 0 Å². The van der Waals surface area contributed by atoms with Crippen LogP contribution < -0.4 is 10.5 Å². The minimum atomic E-state index is 0.179. The Morgan fingerprint density at radius 2 is 2.00 bits per heavy atom. The van der Waals surface area contributed by atoms with Crippen LogP contribution in [0.4, 0.5) is 5.69 Å². The summed E-state index contributed by atoms with van der Waals surface area (Å²) in [5, 5.41) is 9.36. The Morgan fingerprint density at radius 1 is 1.28 bits per heavy atom. The van der Waals surface area contributed by atoms with Crippen LogP contribution in [-0.4, -0.2) is 61.3 Å². The molecule has 0 bridgehead atoms. The van der Waals surface area contributed by atoms with Crippen LogP contribution in [-0.2, 0) is 0 Å². The molecular weight excluding hydrogens is 230 g/mol. The van der Waals surface area contributed by atoms with Crippen LogP contribution in [0.2, 0.25) is 0 Å². The monoisotopic (exact) mass is 251 g/mol. The number of nitrogens with two attached hydrogens (primary N) is 1. The highest BCUT2D eigenvalue weighted by Crippen LogP contribution is 2.25. The molecule has 100 valence electrons. The van der Waals surface area contributed by atoms with Crippen molar-refractivity contribution in [1.82, 2.24) is 9.80 Å². The first-order valence-corrected chi connectivity index (χ1v) is 6.27. The van der Waals surface area contributed by atoms with Crippen molar-refractivity contribution in [3.05, 3.63) is 18.2 Å². The highest BCUT2D eigenvalue weighted by atomic mass is 16.5. The number of nitrogen functional groups attached to an aromatic ring is 1. The number of rotatable bonds is 4. The van der Waals surface area contributed by atoms with E-state index >= 15 is 0 Å². The fourth-order valence-electron chi connectivity index (χ4n) is 2.00. The first-order valence-electron chi connectivity index (χ1n) is 6.27. The Hall–Kier alpha value is -1.46. The van der Waals surface area contributed by atoms with Crippen molar-refractivity contribution >= 4 is 5.69 Å². The summed E-state index contributed by atoms with van der Waals surface area (Å²) in [7, 11) is 2.14. The third-order valence-corrected chi connectivity index (χ3v) is 3.26. The van der Waals surface area contributed by atoms with Gasteiger partial charge in [0.25, 0.3) is 0 Å². The molecule has 0 radical (unpaired) electrons. The van der Waals surface area contributed by atoms with Gasteiger partial charge in [0.15, 0.2) is 0 Å². The molecule has 0 aromatic heterocycles. The Labute approximate surface area is 108 Å². The zero-order valence-corrected chi connectivity index (χ0v) is 10.8. The molecule has 5 nitrogen and oxygen atoms in total. The number of hydrogen-bond donors (Lipinski definition) is 2. The number of benzene rings is 1. The van der Waals surface area contributed by atoms with Crippen LogP contribution in [0.5, 0.6) is 11.5 Å². The lowest BCUT2D eigenvalue weighted by Gasteiger charge is -2.32. The van der Waals surface area contributed by atoms with Gasteiger partial charge < -0.3 is 20.5 Å². The summed E-state index contributed by atoms with van der Waals surface area (Å²) < 4.78 is 5.61. The van der Waals surface area contributed by atoms with E-state index < -0.39 is 0 Å². The van der Waals surface area contributed by atoms with E-state index in [4.69, 9.17) is 10.5 Å². The molecule has 0 unspecified atom stereocenters. The van der Waals surface area contributed by atoms with Gasteiger partial charge in [0, 0.05) is 38.8 Å². The van der Waals surface area contributed by atoms with Crippen LogP contribution in [0.15, 0.2) is 18.2 Å². The van der Waals surface area contributed by atoms with Crippen molar-refractivity contribution in [2.45, 2.75) is 0 Å². The highest BCUT2D eigenvalue weighted by molar-refractivity contribution is 5.55. The van der Waals surface area contributed by atoms with Crippen LogP contribution in [0.1, 0.15) is 0 Å². The topological polar surface area (TPSA) is 62.0 Å². The highest BCUT2D eigenvalue weighted by Gasteiger charge is 2.13. The van der Waals surface area contributed by atoms with Gasteiger partial charge in [0.1, 0.15) is 18.1 Å². The van der Waals surface area contributed by atoms with Gasteiger partial charge in [0.2, 0.25) is 0 Å². The maximum absolute atomic E-state index is 9.36. The molecule has 3 N–H and O–H groups in total. The summed E-state index contributed by atoms with van der Waals surface area (Å²) in [6.45, 7) is 5.85. The molecule has 2 rings (SSSR count). The lowest BCUT2D eigenvalue weighted by atomic mass is 10.3. The van der Waals surface area contributed by atoms with Crippen LogP contribution in [0, 0.1) is 0 Å². The van der Waals surface area contributed by atoms with E-state index in [0.717, 1.165) is 32.7 Å². The average molecular weight is 251 g/mol. The predicted octanol–water partition coefficient (Wildman–Crippen LogP) is 0.601. The number of ether oxygens (including phenoxy) is 1. The number of phenolic OH excluding ortho intramolecular Hbond substituents is 1. The molecule has 1 heterocycles. The second-order valence-corrected chi connectivity index (χ2v) is 4.72. The number of likely N-dealkylation sites (N-methyl/N-ethyl adjacent to an activating group) is 1. The second-order valence-electron chi connectivity index (χ2n) is 4.72. The lowest BCUT2D eigenvalue weighted by Crippen LogP contribution is -2.45. The number of nitrogens with zero attached hydrogens (tertiary/aromatic N) is 2. The summed E-state index contributed by atoms with van der Waals surface area (Å²) in [5.74, 6) is 0.739. The standard InChI is InChI=1S/C13H21N3O2/c1-15-4-6-16(7-5-15)8-9-18-13-10-11(17)2-3-12(13)14/h2-3,10,17H,4-9,14H2,1H3. The molecule has 0 amide bonds. The molecule has 5 heteroatoms. The SMILES string of the molecule is CN1CCN(CCOc2cc(O)ccc2N)CC1. The van der Waals surface area contributed by atoms with E-state index in [9.17, 15) is 5.11 Å². The van der Waals surface area contributed by atoms with Gasteiger partial charge >= 0.3 is 0 Å². The molecule has 0 saturated carbocycles. The first-order chi connectivity index (χ1) is 8.65. The van der Waals surface area contributed by atoms with E-state index in [1.54, 1.807) is 18.2 Å². The van der Waals surface area contributed by atoms with Gasteiger partial charge in [-0.3, -0.25) is 4.90 Å². The maximum Gasteiger partial charge on any atom is 0.145 e. The van der Waals surface area contributed by atoms with E-state index in [2.05, 4.69) is 16.8 Å². The molecule has 1 aliphatic rings. The van der Waals surface area contributed by atoms with Crippen molar-refractivity contribution in [1.29, 1.82) is 0 Å². The second kappa shape index (κ2) is 5.93. The number of anilines is 1. The largest absolute Gasteiger partial charge is 0.508 e. The quantitative estimate of drug-likeness (QED) is 0.606. The first kappa shape index (κ1) is 13.0. The van der Waals surface area contributed by atoms with Crippen molar-refractivity contribution in [3.63, 3.8) is 0 Å². The van der Waals surface area contributed by atoms with Gasteiger partial charge in [-0.1, -0.05) is 0 Å². The number of hydrogen-bond acceptors (Lipinski definition) is 5. The lowest BCUT2D eigenvalue weighted by molar-refractivity contribution is 0.134. The zero-order valence-electron chi connectivity index (χ0n) is 10.8. The minimum absolute atomic E-state index is 0.179. The van der Waals surface area contributed by atoms with Crippen LogP contribution in [0.3, 0.4) is 0 Å². The van der Waals surface area contributed by atoms with Crippen molar-refractivity contribution in [3.8, 4) is 11.5 Å². The van der Waals surface area contributed by atoms with Crippen molar-refractivity contribution < 1.29 is 9.84 Å². The molecule has 1 aromatic rings. The summed E-state index contributed by atoms with van der Waals surface area (Å²) in [6.07, 6.45) is 0. The van der Waals surface area contributed by atoms with Crippen LogP contribution >= 0.6 is 0 Å². The summed E-state index contributed by atoms with van der Waals surface area (Å²) >= 11 is 0. The molecule has 0 aliphatic carbocycles. The van der Waals surface area contributed by atoms with Crippen molar-refractivity contribution in [2.75, 3.05) is 52.1 Å². The Balaban J connectivity index is 1.76. The Morgan fingerprint density at radius 3 is 2.72 bits per heavy atom. The van der Waals surface area contributed by atoms with E-state index in [1.807, 2.05) is 0 Å². The average Bonchev–Trinajstić information content (AvgIpc) is 2.36. The molecule has 18 heavy (non-hydrogen) atoms. The minimum Gasteiger partial charge on any atom is -0.508 e. The van der Waals surface area contributed by atoms with Gasteiger partial charge in [0.05, 0.1) is 5.69 Å². The van der Waals surface area contributed by atoms with Gasteiger partial charge in [-0.15, -0.1) is 0 Å². The van der Waals surface area contributed by atoms with E-state index in [1.165, 1.54) is 0 Å². The molecule has 0 atom stereocenters. The Bertz CT molecular complexity index is 390. The fourth-order valence-corrected chi connectivity index (χ4v) is 2.00. The van der Waals surface area contributed by atoms with Gasteiger partial charge in [-0.25, -0.2) is 0 Å². The fraction of sp³-hybridized carbons (Fsp3) is 0.538. The normalized spacial score (nSPS) is 17.8. The third kappa shape index (κ3) is 3.51. The zero-order chi connectivity index (χ0) is 13.0. The van der Waals surface area contributed by atoms with Gasteiger partial charge in [-0.05, 0) is 19.2 Å².